The van der Waals surface area contributed by atoms with Crippen LogP contribution in [0.1, 0.15) is 0 Å². The molecule has 0 amide bonds. The van der Waals surface area contributed by atoms with Gasteiger partial charge < -0.3 is 21.0 Å². The molecule has 0 saturated carbocycles. The van der Waals surface area contributed by atoms with Crippen molar-refractivity contribution < 1.29 is 10.2 Å². The molecule has 0 spiro atoms. The van der Waals surface area contributed by atoms with Crippen LogP contribution in [0, 0.1) is 5.92 Å². The van der Waals surface area contributed by atoms with Crippen molar-refractivity contribution in [3.05, 3.63) is 12.7 Å². The number of nitrogen functional groups attached to an aromatic ring is 1. The number of nitrogens with zero attached hydrogens (tertiary/aromatic N) is 5. The number of nitrogens with two attached hydrogens (primary N) is 1. The molecule has 1 saturated heterocycles. The maximum Gasteiger partial charge on any atom is 0.184 e. The van der Waals surface area contributed by atoms with Gasteiger partial charge in [-0.1, -0.05) is 0 Å². The first-order valence-electron chi connectivity index (χ1n) is 5.68. The number of fused-ring (bicyclic) bond motifs is 1. The zero-order valence-corrected chi connectivity index (χ0v) is 9.64. The SMILES string of the molecule is Nc1ncnc2c1ncn2N1C[C@H](CO)[C@H]1CO. The monoisotopic (exact) mass is 250 g/mol. The van der Waals surface area contributed by atoms with Crippen LogP contribution >= 0.6 is 0 Å². The summed E-state index contributed by atoms with van der Waals surface area (Å²) in [5.74, 6) is 0.408. The number of aliphatic hydroxyl groups is 2. The van der Waals surface area contributed by atoms with E-state index in [1.165, 1.54) is 6.33 Å². The average molecular weight is 250 g/mol. The van der Waals surface area contributed by atoms with E-state index in [1.807, 2.05) is 5.01 Å². The minimum Gasteiger partial charge on any atom is -0.396 e. The Morgan fingerprint density at radius 3 is 2.83 bits per heavy atom. The molecule has 1 aliphatic heterocycles. The average Bonchev–Trinajstić information content (AvgIpc) is 2.75. The van der Waals surface area contributed by atoms with E-state index in [4.69, 9.17) is 10.8 Å². The molecule has 3 heterocycles. The number of aliphatic hydroxyl groups excluding tert-OH is 2. The lowest BCUT2D eigenvalue weighted by Crippen LogP contribution is -2.64. The highest BCUT2D eigenvalue weighted by molar-refractivity contribution is 5.81. The van der Waals surface area contributed by atoms with E-state index in [0.29, 0.717) is 23.5 Å². The van der Waals surface area contributed by atoms with Crippen LogP contribution < -0.4 is 10.7 Å². The highest BCUT2D eigenvalue weighted by atomic mass is 16.3. The molecule has 0 aromatic carbocycles. The summed E-state index contributed by atoms with van der Waals surface area (Å²) >= 11 is 0. The molecule has 2 aromatic rings. The Morgan fingerprint density at radius 1 is 1.28 bits per heavy atom. The summed E-state index contributed by atoms with van der Waals surface area (Å²) in [6, 6.07) is -0.122. The number of hydrogen-bond donors (Lipinski definition) is 3. The molecule has 2 aromatic heterocycles. The predicted octanol–water partition coefficient (Wildman–Crippen LogP) is -1.67. The van der Waals surface area contributed by atoms with Gasteiger partial charge in [-0.15, -0.1) is 0 Å². The molecule has 3 rings (SSSR count). The van der Waals surface area contributed by atoms with Gasteiger partial charge in [-0.2, -0.15) is 0 Å². The second-order valence-corrected chi connectivity index (χ2v) is 4.33. The summed E-state index contributed by atoms with van der Waals surface area (Å²) in [5, 5.41) is 20.4. The van der Waals surface area contributed by atoms with Crippen LogP contribution in [0.2, 0.25) is 0 Å². The minimum absolute atomic E-state index is 0.0224. The highest BCUT2D eigenvalue weighted by Gasteiger charge is 2.39. The van der Waals surface area contributed by atoms with Crippen LogP contribution in [-0.2, 0) is 0 Å². The van der Waals surface area contributed by atoms with Gasteiger partial charge in [0.2, 0.25) is 0 Å². The number of anilines is 1. The van der Waals surface area contributed by atoms with Crippen molar-refractivity contribution in [2.45, 2.75) is 6.04 Å². The Kier molecular flexibility index (Phi) is 2.53. The van der Waals surface area contributed by atoms with Crippen molar-refractivity contribution in [1.29, 1.82) is 0 Å². The van der Waals surface area contributed by atoms with E-state index >= 15 is 0 Å². The van der Waals surface area contributed by atoms with Crippen molar-refractivity contribution in [2.24, 2.45) is 5.92 Å². The molecule has 2 atom stereocenters. The third kappa shape index (κ3) is 1.42. The zero-order chi connectivity index (χ0) is 12.7. The normalized spacial score (nSPS) is 23.3. The van der Waals surface area contributed by atoms with E-state index < -0.39 is 0 Å². The van der Waals surface area contributed by atoms with Crippen molar-refractivity contribution in [1.82, 2.24) is 19.6 Å². The fourth-order valence-electron chi connectivity index (χ4n) is 2.30. The third-order valence-electron chi connectivity index (χ3n) is 3.39. The Bertz CT molecular complexity index is 570. The van der Waals surface area contributed by atoms with Crippen LogP contribution in [-0.4, -0.2) is 55.6 Å². The first-order valence-corrected chi connectivity index (χ1v) is 5.68. The molecule has 0 radical (unpaired) electrons. The summed E-state index contributed by atoms with van der Waals surface area (Å²) in [4.78, 5) is 12.2. The van der Waals surface area contributed by atoms with E-state index in [9.17, 15) is 5.11 Å². The van der Waals surface area contributed by atoms with Gasteiger partial charge in [0.05, 0.1) is 12.6 Å². The Morgan fingerprint density at radius 2 is 2.11 bits per heavy atom. The van der Waals surface area contributed by atoms with Gasteiger partial charge in [0.1, 0.15) is 12.7 Å². The summed E-state index contributed by atoms with van der Waals surface area (Å²) in [6.45, 7) is 0.689. The molecule has 0 bridgehead atoms. The van der Waals surface area contributed by atoms with Crippen LogP contribution in [0.25, 0.3) is 11.2 Å². The second-order valence-electron chi connectivity index (χ2n) is 4.33. The van der Waals surface area contributed by atoms with E-state index in [1.54, 1.807) is 11.0 Å². The molecule has 1 fully saturated rings. The largest absolute Gasteiger partial charge is 0.396 e. The number of rotatable bonds is 3. The topological polar surface area (TPSA) is 113 Å². The summed E-state index contributed by atoms with van der Waals surface area (Å²) in [7, 11) is 0. The lowest BCUT2D eigenvalue weighted by Gasteiger charge is -2.47. The van der Waals surface area contributed by atoms with Crippen molar-refractivity contribution >= 4 is 17.0 Å². The fraction of sp³-hybridized carbons (Fsp3) is 0.500. The molecular formula is C10H14N6O2. The molecule has 8 heteroatoms. The smallest absolute Gasteiger partial charge is 0.184 e. The molecule has 0 unspecified atom stereocenters. The van der Waals surface area contributed by atoms with Gasteiger partial charge in [0.25, 0.3) is 0 Å². The first kappa shape index (κ1) is 11.2. The van der Waals surface area contributed by atoms with Crippen molar-refractivity contribution in [3.8, 4) is 0 Å². The van der Waals surface area contributed by atoms with E-state index in [-0.39, 0.29) is 25.2 Å². The van der Waals surface area contributed by atoms with Crippen LogP contribution in [0.5, 0.6) is 0 Å². The van der Waals surface area contributed by atoms with Crippen LogP contribution in [0.4, 0.5) is 5.82 Å². The number of imidazole rings is 1. The molecule has 96 valence electrons. The number of hydrogen-bond acceptors (Lipinski definition) is 7. The molecule has 18 heavy (non-hydrogen) atoms. The van der Waals surface area contributed by atoms with E-state index in [2.05, 4.69) is 15.0 Å². The highest BCUT2D eigenvalue weighted by Crippen LogP contribution is 2.25. The Labute approximate surface area is 103 Å². The quantitative estimate of drug-likeness (QED) is 0.596. The van der Waals surface area contributed by atoms with Crippen LogP contribution in [0.15, 0.2) is 12.7 Å². The molecule has 8 nitrogen and oxygen atoms in total. The molecule has 0 aliphatic carbocycles. The lowest BCUT2D eigenvalue weighted by molar-refractivity contribution is 0.0900. The summed E-state index contributed by atoms with van der Waals surface area (Å²) in [5.41, 5.74) is 6.87. The standard InChI is InChI=1S/C10H14N6O2/c11-9-8-10(13-4-12-9)16(5-14-8)15-1-6(2-17)7(15)3-18/h4-7,17-18H,1-3H2,(H2,11,12,13)/t6-,7-/m1/s1. The number of aromatic nitrogens is 4. The fourth-order valence-corrected chi connectivity index (χ4v) is 2.30. The third-order valence-corrected chi connectivity index (χ3v) is 3.39. The van der Waals surface area contributed by atoms with Gasteiger partial charge in [-0.05, 0) is 0 Å². The lowest BCUT2D eigenvalue weighted by atomic mass is 9.92. The Hall–Kier alpha value is -1.93. The molecule has 4 N–H and O–H groups in total. The maximum atomic E-state index is 9.34. The first-order chi connectivity index (χ1) is 8.76. The molecule has 1 aliphatic rings. The van der Waals surface area contributed by atoms with Crippen LogP contribution in [0.3, 0.4) is 0 Å². The summed E-state index contributed by atoms with van der Waals surface area (Å²) < 4.78 is 1.75. The van der Waals surface area contributed by atoms with Gasteiger partial charge in [0.15, 0.2) is 17.0 Å². The maximum absolute atomic E-state index is 9.34. The second kappa shape index (κ2) is 4.07. The Balaban J connectivity index is 1.99. The minimum atomic E-state index is -0.122. The van der Waals surface area contributed by atoms with Crippen molar-refractivity contribution in [3.63, 3.8) is 0 Å². The predicted molar refractivity (Wildman–Crippen MR) is 64.3 cm³/mol. The van der Waals surface area contributed by atoms with E-state index in [0.717, 1.165) is 0 Å². The molecular weight excluding hydrogens is 236 g/mol. The van der Waals surface area contributed by atoms with Crippen molar-refractivity contribution in [2.75, 3.05) is 30.5 Å². The van der Waals surface area contributed by atoms with Gasteiger partial charge in [0, 0.05) is 19.1 Å². The van der Waals surface area contributed by atoms with Gasteiger partial charge in [-0.25, -0.2) is 19.6 Å². The zero-order valence-electron chi connectivity index (χ0n) is 9.64. The summed E-state index contributed by atoms with van der Waals surface area (Å²) in [6.07, 6.45) is 2.99. The van der Waals surface area contributed by atoms with Gasteiger partial charge >= 0.3 is 0 Å². The van der Waals surface area contributed by atoms with Gasteiger partial charge in [-0.3, -0.25) is 0 Å².